The zero-order chi connectivity index (χ0) is 14.0. The number of amides is 1. The Morgan fingerprint density at radius 3 is 2.35 bits per heavy atom. The van der Waals surface area contributed by atoms with Crippen LogP contribution in [0, 0.1) is 6.92 Å². The van der Waals surface area contributed by atoms with E-state index in [4.69, 9.17) is 0 Å². The second-order valence-corrected chi connectivity index (χ2v) is 5.56. The normalized spacial score (nSPS) is 15.7. The topological polar surface area (TPSA) is 29.1 Å². The molecule has 2 heteroatoms. The van der Waals surface area contributed by atoms with Gasteiger partial charge in [0.1, 0.15) is 0 Å². The van der Waals surface area contributed by atoms with Crippen LogP contribution in [0.2, 0.25) is 0 Å². The van der Waals surface area contributed by atoms with Gasteiger partial charge < -0.3 is 5.32 Å². The first-order chi connectivity index (χ1) is 9.72. The molecule has 1 aliphatic carbocycles. The van der Waals surface area contributed by atoms with Gasteiger partial charge in [-0.25, -0.2) is 0 Å². The molecule has 0 bridgehead atoms. The molecule has 0 aromatic heterocycles. The van der Waals surface area contributed by atoms with Crippen molar-refractivity contribution in [3.63, 3.8) is 0 Å². The highest BCUT2D eigenvalue weighted by Crippen LogP contribution is 2.48. The van der Waals surface area contributed by atoms with Gasteiger partial charge in [-0.05, 0) is 36.5 Å². The van der Waals surface area contributed by atoms with Gasteiger partial charge >= 0.3 is 0 Å². The Hall–Kier alpha value is -2.09. The lowest BCUT2D eigenvalue weighted by Gasteiger charge is -2.16. The Morgan fingerprint density at radius 2 is 1.70 bits per heavy atom. The van der Waals surface area contributed by atoms with Crippen molar-refractivity contribution in [3.8, 4) is 0 Å². The molecular formula is C18H19NO. The minimum atomic E-state index is -0.274. The van der Waals surface area contributed by atoms with E-state index in [1.807, 2.05) is 30.3 Å². The molecule has 1 aliphatic rings. The Labute approximate surface area is 119 Å². The summed E-state index contributed by atoms with van der Waals surface area (Å²) in [4.78, 5) is 12.5. The van der Waals surface area contributed by atoms with Crippen molar-refractivity contribution in [2.24, 2.45) is 0 Å². The molecule has 0 unspecified atom stereocenters. The summed E-state index contributed by atoms with van der Waals surface area (Å²) in [7, 11) is 0. The number of nitrogens with one attached hydrogen (secondary N) is 1. The summed E-state index contributed by atoms with van der Waals surface area (Å²) in [5, 5.41) is 3.10. The third-order valence-electron chi connectivity index (χ3n) is 4.21. The van der Waals surface area contributed by atoms with Crippen LogP contribution in [0.25, 0.3) is 0 Å². The molecule has 1 fully saturated rings. The van der Waals surface area contributed by atoms with Crippen molar-refractivity contribution in [2.75, 3.05) is 0 Å². The number of hydrogen-bond donors (Lipinski definition) is 1. The number of carbonyl (C=O) groups is 1. The van der Waals surface area contributed by atoms with Crippen LogP contribution in [-0.2, 0) is 16.8 Å². The summed E-state index contributed by atoms with van der Waals surface area (Å²) in [6, 6.07) is 18.3. The van der Waals surface area contributed by atoms with Gasteiger partial charge in [-0.2, -0.15) is 0 Å². The van der Waals surface area contributed by atoms with Crippen molar-refractivity contribution >= 4 is 5.91 Å². The second-order valence-electron chi connectivity index (χ2n) is 5.56. The average Bonchev–Trinajstić information content (AvgIpc) is 3.29. The number of benzene rings is 2. The number of carbonyl (C=O) groups excluding carboxylic acids is 1. The fraction of sp³-hybridized carbons (Fsp3) is 0.278. The van der Waals surface area contributed by atoms with Crippen LogP contribution < -0.4 is 5.32 Å². The van der Waals surface area contributed by atoms with Crippen LogP contribution in [0.4, 0.5) is 0 Å². The van der Waals surface area contributed by atoms with E-state index in [-0.39, 0.29) is 11.3 Å². The number of rotatable bonds is 4. The Kier molecular flexibility index (Phi) is 3.31. The molecule has 1 saturated carbocycles. The SMILES string of the molecule is Cc1ccccc1CNC(=O)C1(c2ccccc2)CC1. The highest BCUT2D eigenvalue weighted by Gasteiger charge is 2.50. The second kappa shape index (κ2) is 5.12. The Bertz CT molecular complexity index is 614. The molecule has 0 radical (unpaired) electrons. The van der Waals surface area contributed by atoms with E-state index in [1.165, 1.54) is 11.1 Å². The zero-order valence-electron chi connectivity index (χ0n) is 11.7. The molecule has 0 heterocycles. The number of aryl methyl sites for hydroxylation is 1. The third kappa shape index (κ3) is 2.34. The summed E-state index contributed by atoms with van der Waals surface area (Å²) in [6.45, 7) is 2.69. The van der Waals surface area contributed by atoms with E-state index in [2.05, 4.69) is 36.5 Å². The van der Waals surface area contributed by atoms with Gasteiger partial charge in [-0.1, -0.05) is 54.6 Å². The minimum absolute atomic E-state index is 0.159. The predicted molar refractivity (Wildman–Crippen MR) is 80.4 cm³/mol. The monoisotopic (exact) mass is 265 g/mol. The van der Waals surface area contributed by atoms with Crippen molar-refractivity contribution < 1.29 is 4.79 Å². The highest BCUT2D eigenvalue weighted by atomic mass is 16.2. The van der Waals surface area contributed by atoms with Crippen LogP contribution in [0.5, 0.6) is 0 Å². The zero-order valence-corrected chi connectivity index (χ0v) is 11.7. The maximum absolute atomic E-state index is 12.5. The van der Waals surface area contributed by atoms with Crippen LogP contribution in [0.3, 0.4) is 0 Å². The fourth-order valence-electron chi connectivity index (χ4n) is 2.68. The van der Waals surface area contributed by atoms with Crippen LogP contribution in [0.1, 0.15) is 29.5 Å². The first kappa shape index (κ1) is 12.9. The van der Waals surface area contributed by atoms with Crippen LogP contribution in [0.15, 0.2) is 54.6 Å². The van der Waals surface area contributed by atoms with Gasteiger partial charge in [-0.3, -0.25) is 4.79 Å². The van der Waals surface area contributed by atoms with Gasteiger partial charge in [0.15, 0.2) is 0 Å². The van der Waals surface area contributed by atoms with E-state index < -0.39 is 0 Å². The Morgan fingerprint density at radius 1 is 1.05 bits per heavy atom. The van der Waals surface area contributed by atoms with Gasteiger partial charge in [0.05, 0.1) is 5.41 Å². The molecule has 2 aromatic rings. The molecule has 0 spiro atoms. The van der Waals surface area contributed by atoms with E-state index in [1.54, 1.807) is 0 Å². The van der Waals surface area contributed by atoms with Gasteiger partial charge in [0.2, 0.25) is 5.91 Å². The lowest BCUT2D eigenvalue weighted by Crippen LogP contribution is -2.34. The first-order valence-electron chi connectivity index (χ1n) is 7.11. The summed E-state index contributed by atoms with van der Waals surface area (Å²) in [5.74, 6) is 0.159. The standard InChI is InChI=1S/C18H19NO/c1-14-7-5-6-8-15(14)13-19-17(20)18(11-12-18)16-9-3-2-4-10-16/h2-10H,11-13H2,1H3,(H,19,20). The summed E-state index contributed by atoms with van der Waals surface area (Å²) >= 11 is 0. The lowest BCUT2D eigenvalue weighted by atomic mass is 9.95. The maximum atomic E-state index is 12.5. The molecule has 0 aliphatic heterocycles. The largest absolute Gasteiger partial charge is 0.351 e. The smallest absolute Gasteiger partial charge is 0.230 e. The van der Waals surface area contributed by atoms with Gasteiger partial charge in [-0.15, -0.1) is 0 Å². The molecule has 0 atom stereocenters. The molecule has 20 heavy (non-hydrogen) atoms. The molecule has 0 saturated heterocycles. The fourth-order valence-corrected chi connectivity index (χ4v) is 2.68. The minimum Gasteiger partial charge on any atom is -0.351 e. The van der Waals surface area contributed by atoms with E-state index in [0.717, 1.165) is 18.4 Å². The molecule has 1 amide bonds. The lowest BCUT2D eigenvalue weighted by molar-refractivity contribution is -0.123. The molecule has 2 aromatic carbocycles. The van der Waals surface area contributed by atoms with Crippen molar-refractivity contribution in [2.45, 2.75) is 31.7 Å². The van der Waals surface area contributed by atoms with E-state index in [9.17, 15) is 4.79 Å². The number of hydrogen-bond acceptors (Lipinski definition) is 1. The Balaban J connectivity index is 1.70. The molecule has 2 nitrogen and oxygen atoms in total. The third-order valence-corrected chi connectivity index (χ3v) is 4.21. The first-order valence-corrected chi connectivity index (χ1v) is 7.11. The van der Waals surface area contributed by atoms with Crippen molar-refractivity contribution in [3.05, 3.63) is 71.3 Å². The summed E-state index contributed by atoms with van der Waals surface area (Å²) in [5.41, 5.74) is 3.27. The summed E-state index contributed by atoms with van der Waals surface area (Å²) < 4.78 is 0. The van der Waals surface area contributed by atoms with E-state index in [0.29, 0.717) is 6.54 Å². The van der Waals surface area contributed by atoms with Crippen molar-refractivity contribution in [1.29, 1.82) is 0 Å². The van der Waals surface area contributed by atoms with Crippen molar-refractivity contribution in [1.82, 2.24) is 5.32 Å². The highest BCUT2D eigenvalue weighted by molar-refractivity contribution is 5.91. The maximum Gasteiger partial charge on any atom is 0.230 e. The van der Waals surface area contributed by atoms with E-state index >= 15 is 0 Å². The summed E-state index contributed by atoms with van der Waals surface area (Å²) in [6.07, 6.45) is 1.91. The van der Waals surface area contributed by atoms with Gasteiger partial charge in [0, 0.05) is 6.54 Å². The molecule has 1 N–H and O–H groups in total. The van der Waals surface area contributed by atoms with Crippen LogP contribution >= 0.6 is 0 Å². The van der Waals surface area contributed by atoms with Crippen LogP contribution in [-0.4, -0.2) is 5.91 Å². The molecular weight excluding hydrogens is 246 g/mol. The quantitative estimate of drug-likeness (QED) is 0.902. The predicted octanol–water partition coefficient (Wildman–Crippen LogP) is 3.34. The molecule has 3 rings (SSSR count). The molecule has 102 valence electrons. The average molecular weight is 265 g/mol. The van der Waals surface area contributed by atoms with Gasteiger partial charge in [0.25, 0.3) is 0 Å².